The summed E-state index contributed by atoms with van der Waals surface area (Å²) >= 11 is 0. The van der Waals surface area contributed by atoms with Gasteiger partial charge in [0.25, 0.3) is 0 Å². The average molecular weight is 337 g/mol. The number of carbonyl (C=O) groups is 1. The van der Waals surface area contributed by atoms with E-state index in [1.54, 1.807) is 31.2 Å². The van der Waals surface area contributed by atoms with E-state index in [1.807, 2.05) is 13.8 Å². The predicted molar refractivity (Wildman–Crippen MR) is 89.0 cm³/mol. The highest BCUT2D eigenvalue weighted by Crippen LogP contribution is 2.29. The van der Waals surface area contributed by atoms with Gasteiger partial charge in [-0.15, -0.1) is 4.36 Å². The SMILES string of the molecule is C=C1OB(c2cccc(S(C)(=O)=NC(=O)OCC)c2)OC1(C)C. The summed E-state index contributed by atoms with van der Waals surface area (Å²) in [6.45, 7) is 9.39. The smallest absolute Gasteiger partial charge is 0.534 e. The molecule has 2 rings (SSSR count). The van der Waals surface area contributed by atoms with Crippen molar-refractivity contribution in [3.05, 3.63) is 36.6 Å². The van der Waals surface area contributed by atoms with Crippen LogP contribution in [0.1, 0.15) is 20.8 Å². The predicted octanol–water partition coefficient (Wildman–Crippen LogP) is 2.33. The molecule has 0 N–H and O–H groups in total. The number of rotatable bonds is 3. The third kappa shape index (κ3) is 3.94. The lowest BCUT2D eigenvalue weighted by Crippen LogP contribution is -2.34. The zero-order chi connectivity index (χ0) is 17.3. The molecule has 0 saturated carbocycles. The standard InChI is InChI=1S/C15H20BNO5S/c1-6-20-14(18)17-23(5,19)13-9-7-8-12(10-13)16-21-11(2)15(3,4)22-16/h7-10H,2,6H2,1,3-5H3. The van der Waals surface area contributed by atoms with Crippen LogP contribution in [0.25, 0.3) is 0 Å². The number of hydrogen-bond donors (Lipinski definition) is 0. The van der Waals surface area contributed by atoms with Crippen molar-refractivity contribution in [1.82, 2.24) is 0 Å². The van der Waals surface area contributed by atoms with Crippen LogP contribution in [0.2, 0.25) is 0 Å². The van der Waals surface area contributed by atoms with Gasteiger partial charge in [-0.2, -0.15) is 0 Å². The highest BCUT2D eigenvalue weighted by atomic mass is 32.2. The lowest BCUT2D eigenvalue weighted by Gasteiger charge is -2.15. The molecule has 1 aromatic rings. The van der Waals surface area contributed by atoms with Crippen molar-refractivity contribution < 1.29 is 23.0 Å². The minimum Gasteiger partial charge on any atom is -0.534 e. The van der Waals surface area contributed by atoms with Crippen molar-refractivity contribution in [3.63, 3.8) is 0 Å². The van der Waals surface area contributed by atoms with Crippen LogP contribution >= 0.6 is 0 Å². The Hall–Kier alpha value is -1.80. The normalized spacial score (nSPS) is 19.0. The van der Waals surface area contributed by atoms with Gasteiger partial charge in [-0.25, -0.2) is 9.00 Å². The Kier molecular flexibility index (Phi) is 4.86. The first-order chi connectivity index (χ1) is 10.7. The molecule has 1 aliphatic heterocycles. The summed E-state index contributed by atoms with van der Waals surface area (Å²) in [6, 6.07) is 6.81. The Morgan fingerprint density at radius 1 is 1.48 bits per heavy atom. The molecule has 0 aromatic heterocycles. The molecule has 23 heavy (non-hydrogen) atoms. The largest absolute Gasteiger partial charge is 0.563 e. The van der Waals surface area contributed by atoms with Gasteiger partial charge in [0.15, 0.2) is 0 Å². The van der Waals surface area contributed by atoms with E-state index >= 15 is 0 Å². The Labute approximate surface area is 137 Å². The molecule has 0 radical (unpaired) electrons. The molecule has 1 atom stereocenters. The van der Waals surface area contributed by atoms with Gasteiger partial charge in [0.05, 0.1) is 22.1 Å². The Balaban J connectivity index is 2.32. The number of carbonyl (C=O) groups excluding carboxylic acids is 1. The summed E-state index contributed by atoms with van der Waals surface area (Å²) in [5, 5.41) is 0. The van der Waals surface area contributed by atoms with E-state index in [9.17, 15) is 9.00 Å². The minimum atomic E-state index is -2.91. The molecule has 1 heterocycles. The van der Waals surface area contributed by atoms with Gasteiger partial charge in [0, 0.05) is 11.2 Å². The molecule has 1 amide bonds. The van der Waals surface area contributed by atoms with Crippen LogP contribution in [0.4, 0.5) is 4.79 Å². The summed E-state index contributed by atoms with van der Waals surface area (Å²) in [4.78, 5) is 11.9. The van der Waals surface area contributed by atoms with Crippen LogP contribution in [0.3, 0.4) is 0 Å². The second-order valence-corrected chi connectivity index (χ2v) is 7.93. The summed E-state index contributed by atoms with van der Waals surface area (Å²) in [7, 11) is -3.54. The third-order valence-corrected chi connectivity index (χ3v) is 5.03. The molecule has 0 spiro atoms. The fourth-order valence-electron chi connectivity index (χ4n) is 2.01. The van der Waals surface area contributed by atoms with Gasteiger partial charge in [0.2, 0.25) is 0 Å². The average Bonchev–Trinajstić information content (AvgIpc) is 2.73. The van der Waals surface area contributed by atoms with E-state index in [2.05, 4.69) is 10.9 Å². The van der Waals surface area contributed by atoms with Crippen LogP contribution in [0.5, 0.6) is 0 Å². The van der Waals surface area contributed by atoms with E-state index in [1.165, 1.54) is 6.26 Å². The molecule has 1 fully saturated rings. The summed E-state index contributed by atoms with van der Waals surface area (Å²) in [6.07, 6.45) is 0.552. The summed E-state index contributed by atoms with van der Waals surface area (Å²) < 4.78 is 32.5. The van der Waals surface area contributed by atoms with Crippen molar-refractivity contribution in [2.24, 2.45) is 4.36 Å². The van der Waals surface area contributed by atoms with Crippen LogP contribution in [-0.2, 0) is 23.8 Å². The zero-order valence-electron chi connectivity index (χ0n) is 13.7. The van der Waals surface area contributed by atoms with Crippen LogP contribution < -0.4 is 5.46 Å². The highest BCUT2D eigenvalue weighted by molar-refractivity contribution is 7.93. The fraction of sp³-hybridized carbons (Fsp3) is 0.400. The Bertz CT molecular complexity index is 752. The van der Waals surface area contributed by atoms with Crippen molar-refractivity contribution >= 4 is 28.4 Å². The van der Waals surface area contributed by atoms with Crippen molar-refractivity contribution in [2.45, 2.75) is 31.3 Å². The molecular formula is C15H20BNO5S. The fourth-order valence-corrected chi connectivity index (χ4v) is 3.13. The lowest BCUT2D eigenvalue weighted by atomic mass is 9.79. The van der Waals surface area contributed by atoms with E-state index in [0.29, 0.717) is 16.1 Å². The number of hydrogen-bond acceptors (Lipinski definition) is 5. The maximum atomic E-state index is 12.7. The number of nitrogens with zero attached hydrogens (tertiary/aromatic N) is 1. The monoisotopic (exact) mass is 337 g/mol. The molecule has 1 unspecified atom stereocenters. The van der Waals surface area contributed by atoms with Gasteiger partial charge in [-0.1, -0.05) is 18.7 Å². The lowest BCUT2D eigenvalue weighted by molar-refractivity contribution is 0.164. The topological polar surface area (TPSA) is 74.2 Å². The van der Waals surface area contributed by atoms with Crippen molar-refractivity contribution in [2.75, 3.05) is 12.9 Å². The Morgan fingerprint density at radius 3 is 2.74 bits per heavy atom. The molecule has 1 aliphatic rings. The Morgan fingerprint density at radius 2 is 2.17 bits per heavy atom. The maximum Gasteiger partial charge on any atom is 0.563 e. The van der Waals surface area contributed by atoms with Gasteiger partial charge in [-0.3, -0.25) is 0 Å². The van der Waals surface area contributed by atoms with Crippen LogP contribution in [-0.4, -0.2) is 35.9 Å². The summed E-state index contributed by atoms with van der Waals surface area (Å²) in [5.41, 5.74) is 0.0896. The summed E-state index contributed by atoms with van der Waals surface area (Å²) in [5.74, 6) is 0.529. The molecular weight excluding hydrogens is 317 g/mol. The third-order valence-electron chi connectivity index (χ3n) is 3.41. The highest BCUT2D eigenvalue weighted by Gasteiger charge is 2.42. The molecule has 8 heteroatoms. The number of benzene rings is 1. The first-order valence-corrected chi connectivity index (χ1v) is 9.11. The molecule has 124 valence electrons. The number of amides is 1. The zero-order valence-corrected chi connectivity index (χ0v) is 14.5. The van der Waals surface area contributed by atoms with Crippen LogP contribution in [0.15, 0.2) is 45.9 Å². The second kappa shape index (κ2) is 6.37. The van der Waals surface area contributed by atoms with E-state index in [-0.39, 0.29) is 6.61 Å². The van der Waals surface area contributed by atoms with E-state index in [0.717, 1.165) is 0 Å². The van der Waals surface area contributed by atoms with Crippen molar-refractivity contribution in [1.29, 1.82) is 0 Å². The van der Waals surface area contributed by atoms with Gasteiger partial charge < -0.3 is 14.0 Å². The molecule has 6 nitrogen and oxygen atoms in total. The van der Waals surface area contributed by atoms with Crippen LogP contribution in [0, 0.1) is 0 Å². The van der Waals surface area contributed by atoms with Gasteiger partial charge >= 0.3 is 13.2 Å². The number of ether oxygens (including phenoxy) is 1. The van der Waals surface area contributed by atoms with Gasteiger partial charge in [-0.05, 0) is 38.4 Å². The first kappa shape index (κ1) is 17.6. The maximum absolute atomic E-state index is 12.7. The van der Waals surface area contributed by atoms with Gasteiger partial charge in [0.1, 0.15) is 5.60 Å². The first-order valence-electron chi connectivity index (χ1n) is 7.18. The minimum absolute atomic E-state index is 0.179. The molecule has 0 bridgehead atoms. The molecule has 1 saturated heterocycles. The molecule has 0 aliphatic carbocycles. The second-order valence-electron chi connectivity index (χ2n) is 5.67. The van der Waals surface area contributed by atoms with Crippen molar-refractivity contribution in [3.8, 4) is 0 Å². The molecule has 1 aromatic carbocycles. The van der Waals surface area contributed by atoms with E-state index < -0.39 is 28.5 Å². The quantitative estimate of drug-likeness (QED) is 0.792. The van der Waals surface area contributed by atoms with E-state index in [4.69, 9.17) is 14.0 Å².